The third-order valence-electron chi connectivity index (χ3n) is 3.82. The highest BCUT2D eigenvalue weighted by Crippen LogP contribution is 2.10. The molecular formula is C18H25N5O3SSi. The van der Waals surface area contributed by atoms with Crippen molar-refractivity contribution in [3.63, 3.8) is 0 Å². The summed E-state index contributed by atoms with van der Waals surface area (Å²) in [5.74, 6) is 0. The van der Waals surface area contributed by atoms with Crippen LogP contribution in [0.5, 0.6) is 0 Å². The highest BCUT2D eigenvalue weighted by Gasteiger charge is 2.14. The molecule has 150 valence electrons. The third-order valence-corrected chi connectivity index (χ3v) is 6.77. The van der Waals surface area contributed by atoms with Crippen molar-refractivity contribution >= 4 is 24.3 Å². The molecular weight excluding hydrogens is 394 g/mol. The Morgan fingerprint density at radius 2 is 2.00 bits per heavy atom. The summed E-state index contributed by atoms with van der Waals surface area (Å²) in [7, 11) is -4.94. The van der Waals surface area contributed by atoms with Crippen LogP contribution in [0.3, 0.4) is 0 Å². The standard InChI is InChI=1S/C18H25N5O3SSi/c1-15-5-7-18(8-6-15)27(24,25)22-20-13-16-11-17(12-19)23(21-16)14-26-9-10-28(2,3)4/h5-8,11,13,22H,9-10,14H2,1-4H3/b20-13-. The average molecular weight is 420 g/mol. The van der Waals surface area contributed by atoms with Crippen molar-refractivity contribution in [3.05, 3.63) is 47.3 Å². The number of hydrogen-bond acceptors (Lipinski definition) is 6. The second-order valence-electron chi connectivity index (χ2n) is 7.58. The zero-order valence-electron chi connectivity index (χ0n) is 16.5. The molecule has 8 nitrogen and oxygen atoms in total. The lowest BCUT2D eigenvalue weighted by Crippen LogP contribution is -2.22. The maximum atomic E-state index is 12.2. The van der Waals surface area contributed by atoms with Crippen molar-refractivity contribution in [3.8, 4) is 6.07 Å². The Morgan fingerprint density at radius 1 is 1.32 bits per heavy atom. The van der Waals surface area contributed by atoms with Crippen molar-refractivity contribution in [2.24, 2.45) is 5.10 Å². The molecule has 1 N–H and O–H groups in total. The van der Waals surface area contributed by atoms with Crippen LogP contribution in [0.25, 0.3) is 0 Å². The van der Waals surface area contributed by atoms with Crippen molar-refractivity contribution in [1.82, 2.24) is 14.6 Å². The number of aryl methyl sites for hydroxylation is 1. The largest absolute Gasteiger partial charge is 0.359 e. The lowest BCUT2D eigenvalue weighted by molar-refractivity contribution is 0.0779. The van der Waals surface area contributed by atoms with Gasteiger partial charge < -0.3 is 4.74 Å². The molecule has 0 radical (unpaired) electrons. The van der Waals surface area contributed by atoms with Gasteiger partial charge in [0.05, 0.1) is 11.1 Å². The van der Waals surface area contributed by atoms with E-state index < -0.39 is 18.1 Å². The Labute approximate surface area is 166 Å². The number of nitriles is 1. The van der Waals surface area contributed by atoms with E-state index >= 15 is 0 Å². The molecule has 28 heavy (non-hydrogen) atoms. The fraction of sp³-hybridized carbons (Fsp3) is 0.389. The second kappa shape index (κ2) is 9.14. The predicted octanol–water partition coefficient (Wildman–Crippen LogP) is 2.69. The van der Waals surface area contributed by atoms with E-state index in [1.54, 1.807) is 12.1 Å². The normalized spacial score (nSPS) is 12.2. The molecule has 2 rings (SSSR count). The van der Waals surface area contributed by atoms with Crippen LogP contribution < -0.4 is 4.83 Å². The Kier molecular flexibility index (Phi) is 7.12. The molecule has 10 heteroatoms. The summed E-state index contributed by atoms with van der Waals surface area (Å²) in [5.41, 5.74) is 1.64. The molecule has 0 aliphatic heterocycles. The van der Waals surface area contributed by atoms with Crippen LogP contribution in [0.1, 0.15) is 17.0 Å². The summed E-state index contributed by atoms with van der Waals surface area (Å²) >= 11 is 0. The van der Waals surface area contributed by atoms with Crippen LogP contribution >= 0.6 is 0 Å². The zero-order chi connectivity index (χ0) is 20.8. The van der Waals surface area contributed by atoms with Gasteiger partial charge in [-0.2, -0.15) is 23.9 Å². The molecule has 1 heterocycles. The SMILES string of the molecule is Cc1ccc(S(=O)(=O)N/N=C\c2cc(C#N)n(COCC[Si](C)(C)C)n2)cc1. The maximum Gasteiger partial charge on any atom is 0.276 e. The highest BCUT2D eigenvalue weighted by molar-refractivity contribution is 7.89. The number of ether oxygens (including phenoxy) is 1. The van der Waals surface area contributed by atoms with Gasteiger partial charge >= 0.3 is 0 Å². The molecule has 0 aliphatic rings. The van der Waals surface area contributed by atoms with E-state index in [4.69, 9.17) is 4.74 Å². The van der Waals surface area contributed by atoms with Gasteiger partial charge in [0.25, 0.3) is 10.0 Å². The maximum absolute atomic E-state index is 12.2. The van der Waals surface area contributed by atoms with Gasteiger partial charge in [-0.25, -0.2) is 9.51 Å². The molecule has 0 unspecified atom stereocenters. The Balaban J connectivity index is 1.99. The topological polar surface area (TPSA) is 109 Å². The van der Waals surface area contributed by atoms with Crippen molar-refractivity contribution in [1.29, 1.82) is 5.26 Å². The molecule has 1 aromatic heterocycles. The summed E-state index contributed by atoms with van der Waals surface area (Å²) in [5, 5.41) is 17.2. The molecule has 0 saturated heterocycles. The second-order valence-corrected chi connectivity index (χ2v) is 14.9. The molecule has 0 bridgehead atoms. The molecule has 0 atom stereocenters. The lowest BCUT2D eigenvalue weighted by atomic mass is 10.2. The fourth-order valence-electron chi connectivity index (χ4n) is 2.15. The van der Waals surface area contributed by atoms with Gasteiger partial charge in [-0.05, 0) is 25.1 Å². The molecule has 1 aromatic carbocycles. The number of sulfonamides is 1. The molecule has 0 spiro atoms. The summed E-state index contributed by atoms with van der Waals surface area (Å²) < 4.78 is 31.4. The number of nitrogens with one attached hydrogen (secondary N) is 1. The molecule has 0 aliphatic carbocycles. The van der Waals surface area contributed by atoms with Gasteiger partial charge in [0, 0.05) is 20.7 Å². The van der Waals surface area contributed by atoms with E-state index in [9.17, 15) is 13.7 Å². The van der Waals surface area contributed by atoms with Gasteiger partial charge in [0.15, 0.2) is 0 Å². The van der Waals surface area contributed by atoms with E-state index in [-0.39, 0.29) is 11.6 Å². The minimum Gasteiger partial charge on any atom is -0.359 e. The minimum atomic E-state index is -3.76. The first-order valence-corrected chi connectivity index (χ1v) is 14.0. The number of rotatable bonds is 9. The highest BCUT2D eigenvalue weighted by atomic mass is 32.2. The van der Waals surface area contributed by atoms with Crippen LogP contribution in [-0.2, 0) is 21.5 Å². The minimum absolute atomic E-state index is 0.120. The first-order valence-electron chi connectivity index (χ1n) is 8.78. The van der Waals surface area contributed by atoms with E-state index in [2.05, 4.69) is 34.7 Å². The number of aromatic nitrogens is 2. The van der Waals surface area contributed by atoms with E-state index in [1.807, 2.05) is 13.0 Å². The average Bonchev–Trinajstić information content (AvgIpc) is 3.00. The van der Waals surface area contributed by atoms with Crippen molar-refractivity contribution in [2.45, 2.75) is 44.2 Å². The summed E-state index contributed by atoms with van der Waals surface area (Å²) in [4.78, 5) is 2.26. The zero-order valence-corrected chi connectivity index (χ0v) is 18.3. The van der Waals surface area contributed by atoms with Crippen LogP contribution in [0, 0.1) is 18.3 Å². The van der Waals surface area contributed by atoms with E-state index in [1.165, 1.54) is 29.1 Å². The van der Waals surface area contributed by atoms with Crippen LogP contribution in [-0.4, -0.2) is 39.1 Å². The Hall–Kier alpha value is -2.48. The quantitative estimate of drug-likeness (QED) is 0.291. The van der Waals surface area contributed by atoms with Crippen LogP contribution in [0.15, 0.2) is 40.3 Å². The van der Waals surface area contributed by atoms with Crippen LogP contribution in [0.2, 0.25) is 25.7 Å². The predicted molar refractivity (Wildman–Crippen MR) is 110 cm³/mol. The monoisotopic (exact) mass is 419 g/mol. The van der Waals surface area contributed by atoms with Crippen molar-refractivity contribution in [2.75, 3.05) is 6.61 Å². The first-order chi connectivity index (χ1) is 13.1. The lowest BCUT2D eigenvalue weighted by Gasteiger charge is -2.15. The van der Waals surface area contributed by atoms with Gasteiger partial charge in [-0.15, -0.1) is 0 Å². The van der Waals surface area contributed by atoms with Gasteiger partial charge in [-0.1, -0.05) is 37.3 Å². The summed E-state index contributed by atoms with van der Waals surface area (Å²) in [6.45, 7) is 9.43. The Morgan fingerprint density at radius 3 is 2.61 bits per heavy atom. The third kappa shape index (κ3) is 6.60. The van der Waals surface area contributed by atoms with Crippen molar-refractivity contribution < 1.29 is 13.2 Å². The smallest absolute Gasteiger partial charge is 0.276 e. The molecule has 0 fully saturated rings. The van der Waals surface area contributed by atoms with E-state index in [0.29, 0.717) is 18.0 Å². The molecule has 2 aromatic rings. The van der Waals surface area contributed by atoms with Gasteiger partial charge in [0.2, 0.25) is 0 Å². The summed E-state index contributed by atoms with van der Waals surface area (Å²) in [6, 6.07) is 11.0. The summed E-state index contributed by atoms with van der Waals surface area (Å²) in [6.07, 6.45) is 1.26. The number of hydrogen-bond donors (Lipinski definition) is 1. The fourth-order valence-corrected chi connectivity index (χ4v) is 3.70. The number of nitrogens with zero attached hydrogens (tertiary/aromatic N) is 4. The number of hydrazone groups is 1. The van der Waals surface area contributed by atoms with E-state index in [0.717, 1.165) is 11.6 Å². The van der Waals surface area contributed by atoms with Crippen LogP contribution in [0.4, 0.5) is 0 Å². The number of benzene rings is 1. The van der Waals surface area contributed by atoms with Gasteiger partial charge in [-0.3, -0.25) is 0 Å². The molecule has 0 saturated carbocycles. The first kappa shape index (κ1) is 21.8. The van der Waals surface area contributed by atoms with Gasteiger partial charge in [0.1, 0.15) is 24.2 Å². The molecule has 0 amide bonds. The Bertz CT molecular complexity index is 970.